The zero-order valence-corrected chi connectivity index (χ0v) is 31.4. The number of methoxy groups -OCH3 is 1. The van der Waals surface area contributed by atoms with E-state index in [9.17, 15) is 24.3 Å². The number of aliphatic hydroxyl groups excluding tert-OH is 1. The van der Waals surface area contributed by atoms with Crippen LogP contribution in [0.5, 0.6) is 0 Å². The van der Waals surface area contributed by atoms with Crippen molar-refractivity contribution in [2.24, 2.45) is 17.3 Å². The summed E-state index contributed by atoms with van der Waals surface area (Å²) in [4.78, 5) is 60.3. The van der Waals surface area contributed by atoms with Crippen LogP contribution >= 0.6 is 0 Å². The largest absolute Gasteiger partial charge is 0.455 e. The minimum absolute atomic E-state index is 0.0441. The molecule has 11 nitrogen and oxygen atoms in total. The molecule has 1 aromatic carbocycles. The molecule has 0 saturated carbocycles. The predicted octanol–water partition coefficient (Wildman–Crippen LogP) is 4.74. The number of esters is 1. The molecule has 1 spiro atoms. The molecule has 2 bridgehead atoms. The number of allylic oxidation sites excluding steroid dienone is 1. The third kappa shape index (κ3) is 8.75. The minimum atomic E-state index is -1.22. The highest BCUT2D eigenvalue weighted by molar-refractivity contribution is 5.98. The first-order valence-corrected chi connectivity index (χ1v) is 18.3. The number of unbranched alkanes of at least 4 members (excludes halogenated alkanes) is 1. The number of aliphatic hydroxyl groups is 1. The Morgan fingerprint density at radius 2 is 1.84 bits per heavy atom. The fourth-order valence-corrected chi connectivity index (χ4v) is 8.77. The summed E-state index contributed by atoms with van der Waals surface area (Å²) in [5, 5.41) is 12.6. The average molecular weight is 710 g/mol. The number of benzene rings is 1. The third-order valence-electron chi connectivity index (χ3n) is 10.4. The quantitative estimate of drug-likeness (QED) is 0.120. The van der Waals surface area contributed by atoms with Gasteiger partial charge in [0.2, 0.25) is 17.7 Å². The van der Waals surface area contributed by atoms with Crippen LogP contribution in [0, 0.1) is 17.3 Å². The van der Waals surface area contributed by atoms with E-state index in [1.165, 1.54) is 7.11 Å². The van der Waals surface area contributed by atoms with Gasteiger partial charge in [0.05, 0.1) is 30.6 Å². The summed E-state index contributed by atoms with van der Waals surface area (Å²) in [6.45, 7) is 18.6. The topological polar surface area (TPSA) is 135 Å². The third-order valence-corrected chi connectivity index (χ3v) is 10.4. The van der Waals surface area contributed by atoms with E-state index >= 15 is 0 Å². The average Bonchev–Trinajstić information content (AvgIpc) is 3.71. The molecule has 4 rings (SSSR count). The number of hydrogen-bond donors (Lipinski definition) is 2. The number of amides is 3. The highest BCUT2D eigenvalue weighted by Gasteiger charge is 2.75. The van der Waals surface area contributed by atoms with E-state index in [0.29, 0.717) is 44.1 Å². The molecule has 3 amide bonds. The van der Waals surface area contributed by atoms with Gasteiger partial charge in [-0.1, -0.05) is 63.3 Å². The Morgan fingerprint density at radius 3 is 2.45 bits per heavy atom. The maximum absolute atomic E-state index is 14.9. The van der Waals surface area contributed by atoms with Crippen LogP contribution in [0.3, 0.4) is 0 Å². The highest BCUT2D eigenvalue weighted by atomic mass is 16.6. The van der Waals surface area contributed by atoms with Gasteiger partial charge in [0.15, 0.2) is 0 Å². The number of likely N-dealkylation sites (tertiary alicyclic amines) is 1. The molecule has 0 unspecified atom stereocenters. The number of hydrogen-bond acceptors (Lipinski definition) is 8. The lowest BCUT2D eigenvalue weighted by Gasteiger charge is -2.45. The molecule has 3 fully saturated rings. The Morgan fingerprint density at radius 1 is 1.14 bits per heavy atom. The van der Waals surface area contributed by atoms with E-state index < -0.39 is 53.2 Å². The molecular weight excluding hydrogens is 650 g/mol. The van der Waals surface area contributed by atoms with Crippen LogP contribution in [0.25, 0.3) is 0 Å². The molecule has 3 heterocycles. The molecule has 0 aromatic heterocycles. The number of rotatable bonds is 19. The summed E-state index contributed by atoms with van der Waals surface area (Å²) in [5.41, 5.74) is -1.23. The van der Waals surface area contributed by atoms with Crippen molar-refractivity contribution in [2.45, 2.75) is 115 Å². The van der Waals surface area contributed by atoms with Crippen molar-refractivity contribution < 1.29 is 38.5 Å². The van der Waals surface area contributed by atoms with E-state index in [2.05, 4.69) is 39.2 Å². The Hall–Kier alpha value is -3.54. The summed E-state index contributed by atoms with van der Waals surface area (Å²) < 4.78 is 18.5. The molecule has 7 atom stereocenters. The van der Waals surface area contributed by atoms with Gasteiger partial charge < -0.3 is 34.4 Å². The van der Waals surface area contributed by atoms with Crippen LogP contribution in [-0.2, 0) is 33.4 Å². The zero-order valence-electron chi connectivity index (χ0n) is 31.4. The van der Waals surface area contributed by atoms with Gasteiger partial charge >= 0.3 is 5.97 Å². The standard InChI is InChI=1S/C40H59N3O8/c1-9-11-19-30(45)41-28(25-49-8)33(27-17-13-12-14-18-27)50-37(48)31-29-20-21-40(51-29)32(31)35(46)42(23-15-16-24-44)34(40)36(47)43(22-10-2)39(6,7)26-38(3,4)5/h9-10,12-14,17-18,28-29,31-34,44H,1-2,11,15-16,19-26H2,3-8H3,(H,41,45)/t28-,29-,31+,32+,33-,34-,40+/m0/s1. The first kappa shape index (κ1) is 40.2. The first-order valence-electron chi connectivity index (χ1n) is 18.3. The normalized spacial score (nSPS) is 25.2. The van der Waals surface area contributed by atoms with E-state index in [-0.39, 0.29) is 55.9 Å². The van der Waals surface area contributed by atoms with Crippen molar-refractivity contribution in [3.05, 3.63) is 61.2 Å². The van der Waals surface area contributed by atoms with E-state index in [1.54, 1.807) is 22.0 Å². The first-order chi connectivity index (χ1) is 24.2. The van der Waals surface area contributed by atoms with Gasteiger partial charge in [0, 0.05) is 38.8 Å². The SMILES string of the molecule is C=CCCC(=O)N[C@@H](COC)[C@@H](OC(=O)[C@@H]1[C@@H]2CC[C@]3(O2)[C@H](C(=O)N(CC=C)C(C)(C)CC(C)(C)C)N(CCCCO)C(=O)[C@@H]13)c1ccccc1. The summed E-state index contributed by atoms with van der Waals surface area (Å²) in [6.07, 6.45) is 5.11. The zero-order chi connectivity index (χ0) is 37.6. The van der Waals surface area contributed by atoms with Crippen LogP contribution in [0.4, 0.5) is 0 Å². The van der Waals surface area contributed by atoms with Crippen LogP contribution < -0.4 is 5.32 Å². The van der Waals surface area contributed by atoms with Crippen molar-refractivity contribution in [3.63, 3.8) is 0 Å². The Balaban J connectivity index is 1.72. The number of ether oxygens (including phenoxy) is 3. The summed E-state index contributed by atoms with van der Waals surface area (Å²) >= 11 is 0. The van der Waals surface area contributed by atoms with Gasteiger partial charge in [-0.2, -0.15) is 0 Å². The molecule has 282 valence electrons. The molecule has 3 saturated heterocycles. The Labute approximate surface area is 303 Å². The maximum Gasteiger partial charge on any atom is 0.313 e. The number of carbonyl (C=O) groups is 4. The van der Waals surface area contributed by atoms with E-state index in [1.807, 2.05) is 44.2 Å². The molecule has 11 heteroatoms. The fourth-order valence-electron chi connectivity index (χ4n) is 8.77. The van der Waals surface area contributed by atoms with Crippen molar-refractivity contribution in [1.29, 1.82) is 0 Å². The molecular formula is C40H59N3O8. The second kappa shape index (κ2) is 16.9. The monoisotopic (exact) mass is 709 g/mol. The molecule has 3 aliphatic rings. The van der Waals surface area contributed by atoms with Gasteiger partial charge in [-0.25, -0.2) is 0 Å². The fraction of sp³-hybridized carbons (Fsp3) is 0.650. The van der Waals surface area contributed by atoms with Gasteiger partial charge in [0.25, 0.3) is 0 Å². The Kier molecular flexibility index (Phi) is 13.3. The van der Waals surface area contributed by atoms with Gasteiger partial charge in [0.1, 0.15) is 17.7 Å². The summed E-state index contributed by atoms with van der Waals surface area (Å²) in [5.74, 6) is -3.28. The van der Waals surface area contributed by atoms with Crippen LogP contribution in [-0.4, -0.2) is 101 Å². The van der Waals surface area contributed by atoms with Gasteiger partial charge in [-0.15, -0.1) is 13.2 Å². The maximum atomic E-state index is 14.9. The van der Waals surface area contributed by atoms with E-state index in [0.717, 1.165) is 0 Å². The minimum Gasteiger partial charge on any atom is -0.455 e. The molecule has 51 heavy (non-hydrogen) atoms. The smallest absolute Gasteiger partial charge is 0.313 e. The summed E-state index contributed by atoms with van der Waals surface area (Å²) in [6, 6.07) is 7.47. The van der Waals surface area contributed by atoms with Gasteiger partial charge in [-0.05, 0) is 63.4 Å². The molecule has 1 aromatic rings. The van der Waals surface area contributed by atoms with Crippen LogP contribution in [0.2, 0.25) is 0 Å². The number of fused-ring (bicyclic) bond motifs is 1. The lowest BCUT2D eigenvalue weighted by atomic mass is 9.70. The predicted molar refractivity (Wildman–Crippen MR) is 194 cm³/mol. The highest BCUT2D eigenvalue weighted by Crippen LogP contribution is 2.59. The van der Waals surface area contributed by atoms with Crippen molar-refractivity contribution >= 4 is 23.7 Å². The number of carbonyl (C=O) groups excluding carboxylic acids is 4. The van der Waals surface area contributed by atoms with E-state index in [4.69, 9.17) is 14.2 Å². The van der Waals surface area contributed by atoms with Gasteiger partial charge in [-0.3, -0.25) is 19.2 Å². The van der Waals surface area contributed by atoms with Crippen molar-refractivity contribution in [1.82, 2.24) is 15.1 Å². The molecule has 3 aliphatic heterocycles. The van der Waals surface area contributed by atoms with Crippen molar-refractivity contribution in [3.8, 4) is 0 Å². The lowest BCUT2D eigenvalue weighted by molar-refractivity contribution is -0.163. The van der Waals surface area contributed by atoms with Crippen LogP contribution in [0.15, 0.2) is 55.6 Å². The number of nitrogens with one attached hydrogen (secondary N) is 1. The molecule has 0 radical (unpaired) electrons. The lowest BCUT2D eigenvalue weighted by Crippen LogP contribution is -2.61. The van der Waals surface area contributed by atoms with Crippen molar-refractivity contribution in [2.75, 3.05) is 33.4 Å². The number of nitrogens with zero attached hydrogens (tertiary/aromatic N) is 2. The molecule has 0 aliphatic carbocycles. The molecule has 2 N–H and O–H groups in total. The second-order valence-electron chi connectivity index (χ2n) is 16.0. The van der Waals surface area contributed by atoms with Crippen LogP contribution in [0.1, 0.15) is 91.2 Å². The summed E-state index contributed by atoms with van der Waals surface area (Å²) in [7, 11) is 1.51. The Bertz CT molecular complexity index is 1410. The second-order valence-corrected chi connectivity index (χ2v) is 16.0.